The molecule has 0 aliphatic heterocycles. The van der Waals surface area contributed by atoms with Crippen molar-refractivity contribution >= 4 is 17.6 Å². The van der Waals surface area contributed by atoms with Crippen molar-refractivity contribution in [2.24, 2.45) is 0 Å². The van der Waals surface area contributed by atoms with Crippen LogP contribution in [0.2, 0.25) is 0 Å². The number of hydrogen-bond acceptors (Lipinski definition) is 3. The van der Waals surface area contributed by atoms with Crippen LogP contribution in [-0.2, 0) is 14.3 Å². The van der Waals surface area contributed by atoms with Gasteiger partial charge in [0.05, 0.1) is 5.92 Å². The molecule has 1 aromatic rings. The molecule has 0 heterocycles. The first-order valence-corrected chi connectivity index (χ1v) is 5.62. The van der Waals surface area contributed by atoms with Crippen LogP contribution in [0.1, 0.15) is 25.3 Å². The molecule has 18 heavy (non-hydrogen) atoms. The van der Waals surface area contributed by atoms with Crippen LogP contribution in [0.25, 0.3) is 0 Å². The number of benzene rings is 1. The molecule has 0 saturated carbocycles. The van der Waals surface area contributed by atoms with Gasteiger partial charge in [0.1, 0.15) is 6.10 Å². The van der Waals surface area contributed by atoms with Crippen molar-refractivity contribution in [2.75, 3.05) is 12.4 Å². The number of anilines is 1. The van der Waals surface area contributed by atoms with E-state index >= 15 is 0 Å². The van der Waals surface area contributed by atoms with Gasteiger partial charge in [-0.3, -0.25) is 9.59 Å². The summed E-state index contributed by atoms with van der Waals surface area (Å²) in [6.07, 6.45) is -0.525. The number of rotatable bonds is 5. The Labute approximate surface area is 106 Å². The molecule has 2 atom stereocenters. The second kappa shape index (κ2) is 6.16. The van der Waals surface area contributed by atoms with Gasteiger partial charge in [-0.25, -0.2) is 0 Å². The molecule has 0 aliphatic rings. The lowest BCUT2D eigenvalue weighted by atomic mass is 10.0. The van der Waals surface area contributed by atoms with Crippen LogP contribution in [0.4, 0.5) is 5.69 Å². The Morgan fingerprint density at radius 3 is 2.22 bits per heavy atom. The molecule has 1 rings (SSSR count). The summed E-state index contributed by atoms with van der Waals surface area (Å²) in [6, 6.07) is 6.72. The fourth-order valence-electron chi connectivity index (χ4n) is 1.35. The molecule has 1 amide bonds. The molecular formula is C13H17NO4. The van der Waals surface area contributed by atoms with E-state index in [0.29, 0.717) is 11.3 Å². The highest BCUT2D eigenvalue weighted by Crippen LogP contribution is 2.18. The number of carbonyl (C=O) groups excluding carboxylic acids is 1. The van der Waals surface area contributed by atoms with E-state index in [9.17, 15) is 9.59 Å². The standard InChI is InChI=1S/C13H17NO4/c1-8(13(16)17)10-4-6-11(7-5-10)14-12(15)9(2)18-3/h4-9H,1-3H3,(H,14,15)(H,16,17). The van der Waals surface area contributed by atoms with Gasteiger partial charge in [0.15, 0.2) is 0 Å². The fraction of sp³-hybridized carbons (Fsp3) is 0.385. The van der Waals surface area contributed by atoms with Crippen LogP contribution in [0, 0.1) is 0 Å². The van der Waals surface area contributed by atoms with Crippen molar-refractivity contribution in [1.29, 1.82) is 0 Å². The van der Waals surface area contributed by atoms with Crippen molar-refractivity contribution in [3.63, 3.8) is 0 Å². The van der Waals surface area contributed by atoms with Crippen LogP contribution in [-0.4, -0.2) is 30.2 Å². The second-order valence-corrected chi connectivity index (χ2v) is 4.05. The van der Waals surface area contributed by atoms with Gasteiger partial charge in [0.2, 0.25) is 0 Å². The number of ether oxygens (including phenoxy) is 1. The van der Waals surface area contributed by atoms with Crippen LogP contribution in [0.3, 0.4) is 0 Å². The average Bonchev–Trinajstić information content (AvgIpc) is 2.37. The van der Waals surface area contributed by atoms with Crippen LogP contribution in [0.15, 0.2) is 24.3 Å². The summed E-state index contributed by atoms with van der Waals surface area (Å²) in [5.74, 6) is -1.68. The van der Waals surface area contributed by atoms with Crippen molar-refractivity contribution in [3.8, 4) is 0 Å². The molecule has 2 unspecified atom stereocenters. The van der Waals surface area contributed by atoms with E-state index < -0.39 is 18.0 Å². The van der Waals surface area contributed by atoms with Gasteiger partial charge in [0.25, 0.3) is 5.91 Å². The average molecular weight is 251 g/mol. The van der Waals surface area contributed by atoms with Crippen molar-refractivity contribution in [3.05, 3.63) is 29.8 Å². The molecule has 0 radical (unpaired) electrons. The SMILES string of the molecule is COC(C)C(=O)Nc1ccc(C(C)C(=O)O)cc1. The highest BCUT2D eigenvalue weighted by atomic mass is 16.5. The van der Waals surface area contributed by atoms with Crippen molar-refractivity contribution < 1.29 is 19.4 Å². The maximum Gasteiger partial charge on any atom is 0.310 e. The lowest BCUT2D eigenvalue weighted by Gasteiger charge is -2.11. The molecule has 5 heteroatoms. The number of amides is 1. The molecule has 0 saturated heterocycles. The molecule has 0 aromatic heterocycles. The summed E-state index contributed by atoms with van der Waals surface area (Å²) in [5, 5.41) is 11.5. The van der Waals surface area contributed by atoms with Crippen LogP contribution < -0.4 is 5.32 Å². The number of carboxylic acids is 1. The zero-order chi connectivity index (χ0) is 13.7. The second-order valence-electron chi connectivity index (χ2n) is 4.05. The van der Waals surface area contributed by atoms with E-state index in [2.05, 4.69) is 5.32 Å². The summed E-state index contributed by atoms with van der Waals surface area (Å²) in [5.41, 5.74) is 1.31. The molecule has 0 bridgehead atoms. The normalized spacial score (nSPS) is 13.7. The first-order valence-electron chi connectivity index (χ1n) is 5.62. The number of carboxylic acid groups (broad SMARTS) is 1. The number of hydrogen-bond donors (Lipinski definition) is 2. The minimum absolute atomic E-state index is 0.239. The predicted octanol–water partition coefficient (Wildman–Crippen LogP) is 1.85. The zero-order valence-electron chi connectivity index (χ0n) is 10.6. The first-order chi connectivity index (χ1) is 8.45. The highest BCUT2D eigenvalue weighted by molar-refractivity contribution is 5.93. The Balaban J connectivity index is 2.72. The number of carbonyl (C=O) groups is 2. The number of nitrogens with one attached hydrogen (secondary N) is 1. The Kier molecular flexibility index (Phi) is 4.85. The molecule has 0 spiro atoms. The van der Waals surface area contributed by atoms with Gasteiger partial charge in [0, 0.05) is 12.8 Å². The van der Waals surface area contributed by atoms with E-state index in [1.54, 1.807) is 38.1 Å². The minimum atomic E-state index is -0.875. The van der Waals surface area contributed by atoms with Gasteiger partial charge in [-0.15, -0.1) is 0 Å². The van der Waals surface area contributed by atoms with E-state index in [1.807, 2.05) is 0 Å². The van der Waals surface area contributed by atoms with E-state index in [1.165, 1.54) is 7.11 Å². The Morgan fingerprint density at radius 1 is 1.22 bits per heavy atom. The van der Waals surface area contributed by atoms with Gasteiger partial charge < -0.3 is 15.2 Å². The maximum absolute atomic E-state index is 11.5. The number of aliphatic carboxylic acids is 1. The van der Waals surface area contributed by atoms with E-state index in [-0.39, 0.29) is 5.91 Å². The smallest absolute Gasteiger partial charge is 0.310 e. The van der Waals surface area contributed by atoms with Gasteiger partial charge in [-0.05, 0) is 31.5 Å². The zero-order valence-corrected chi connectivity index (χ0v) is 10.6. The first kappa shape index (κ1) is 14.2. The molecule has 0 fully saturated rings. The Morgan fingerprint density at radius 2 is 1.78 bits per heavy atom. The molecule has 0 aliphatic carbocycles. The summed E-state index contributed by atoms with van der Waals surface area (Å²) in [4.78, 5) is 22.3. The van der Waals surface area contributed by atoms with Crippen molar-refractivity contribution in [2.45, 2.75) is 25.9 Å². The van der Waals surface area contributed by atoms with Crippen LogP contribution in [0.5, 0.6) is 0 Å². The third kappa shape index (κ3) is 3.56. The topological polar surface area (TPSA) is 75.6 Å². The maximum atomic E-state index is 11.5. The van der Waals surface area contributed by atoms with E-state index in [0.717, 1.165) is 0 Å². The molecule has 1 aromatic carbocycles. The lowest BCUT2D eigenvalue weighted by molar-refractivity contribution is -0.138. The van der Waals surface area contributed by atoms with Crippen molar-refractivity contribution in [1.82, 2.24) is 0 Å². The highest BCUT2D eigenvalue weighted by Gasteiger charge is 2.14. The quantitative estimate of drug-likeness (QED) is 0.837. The third-order valence-electron chi connectivity index (χ3n) is 2.77. The molecule has 2 N–H and O–H groups in total. The van der Waals surface area contributed by atoms with Gasteiger partial charge >= 0.3 is 5.97 Å². The summed E-state index contributed by atoms with van der Waals surface area (Å²) < 4.78 is 4.89. The van der Waals surface area contributed by atoms with Gasteiger partial charge in [-0.2, -0.15) is 0 Å². The minimum Gasteiger partial charge on any atom is -0.481 e. The van der Waals surface area contributed by atoms with Crippen LogP contribution >= 0.6 is 0 Å². The number of methoxy groups -OCH3 is 1. The Hall–Kier alpha value is -1.88. The fourth-order valence-corrected chi connectivity index (χ4v) is 1.35. The molecular weight excluding hydrogens is 234 g/mol. The Bertz CT molecular complexity index is 427. The summed E-state index contributed by atoms with van der Waals surface area (Å²) in [7, 11) is 1.46. The summed E-state index contributed by atoms with van der Waals surface area (Å²) >= 11 is 0. The predicted molar refractivity (Wildman–Crippen MR) is 67.6 cm³/mol. The molecule has 5 nitrogen and oxygen atoms in total. The van der Waals surface area contributed by atoms with Gasteiger partial charge in [-0.1, -0.05) is 12.1 Å². The van der Waals surface area contributed by atoms with E-state index in [4.69, 9.17) is 9.84 Å². The third-order valence-corrected chi connectivity index (χ3v) is 2.77. The summed E-state index contributed by atoms with van der Waals surface area (Å²) in [6.45, 7) is 3.26. The monoisotopic (exact) mass is 251 g/mol. The lowest BCUT2D eigenvalue weighted by Crippen LogP contribution is -2.26. The largest absolute Gasteiger partial charge is 0.481 e. The molecule has 98 valence electrons.